The molecule has 12 atom stereocenters. The summed E-state index contributed by atoms with van der Waals surface area (Å²) in [7, 11) is 3.45. The van der Waals surface area contributed by atoms with Crippen molar-refractivity contribution in [2.45, 2.75) is 124 Å². The van der Waals surface area contributed by atoms with E-state index in [-0.39, 0.29) is 73.1 Å². The lowest BCUT2D eigenvalue weighted by molar-refractivity contribution is -0.183. The largest absolute Gasteiger partial charge is 0.481 e. The second-order valence-corrected chi connectivity index (χ2v) is 19.2. The molecule has 4 aliphatic rings. The van der Waals surface area contributed by atoms with Crippen LogP contribution in [0.15, 0.2) is 24.3 Å². The van der Waals surface area contributed by atoms with Crippen LogP contribution in [0.4, 0.5) is 0 Å². The van der Waals surface area contributed by atoms with Gasteiger partial charge < -0.3 is 43.4 Å². The van der Waals surface area contributed by atoms with Gasteiger partial charge in [-0.2, -0.15) is 0 Å². The maximum atomic E-state index is 14.4. The number of aliphatic hydroxyl groups is 1. The molecule has 4 saturated carbocycles. The van der Waals surface area contributed by atoms with Gasteiger partial charge in [0.2, 0.25) is 0 Å². The maximum Gasteiger partial charge on any atom is 0.336 e. The molecule has 4 rings (SSSR count). The first-order valence-corrected chi connectivity index (χ1v) is 21.5. The van der Waals surface area contributed by atoms with Crippen LogP contribution in [-0.2, 0) is 57.2 Å². The van der Waals surface area contributed by atoms with Crippen LogP contribution in [0.1, 0.15) is 112 Å². The molecule has 14 nitrogen and oxygen atoms in total. The number of carbonyl (C=O) groups excluding carboxylic acids is 5. The third-order valence-electron chi connectivity index (χ3n) is 15.4. The molecule has 338 valence electrons. The number of rotatable bonds is 19. The van der Waals surface area contributed by atoms with E-state index in [4.69, 9.17) is 28.4 Å². The zero-order chi connectivity index (χ0) is 44.8. The Hall–Kier alpha value is -3.62. The molecule has 0 aromatic carbocycles. The minimum atomic E-state index is -1.53. The van der Waals surface area contributed by atoms with Crippen molar-refractivity contribution in [1.29, 1.82) is 0 Å². The first-order valence-electron chi connectivity index (χ1n) is 21.5. The van der Waals surface area contributed by atoms with Crippen molar-refractivity contribution in [3.63, 3.8) is 0 Å². The molecule has 0 bridgehead atoms. The second kappa shape index (κ2) is 20.0. The van der Waals surface area contributed by atoms with Crippen molar-refractivity contribution in [1.82, 2.24) is 0 Å². The van der Waals surface area contributed by atoms with E-state index in [1.165, 1.54) is 14.0 Å². The minimum absolute atomic E-state index is 0.00143. The molecule has 0 spiro atoms. The van der Waals surface area contributed by atoms with E-state index in [1.54, 1.807) is 0 Å². The summed E-state index contributed by atoms with van der Waals surface area (Å²) in [4.78, 5) is 77.5. The molecule has 14 heteroatoms. The van der Waals surface area contributed by atoms with E-state index in [9.17, 15) is 39.0 Å². The van der Waals surface area contributed by atoms with Crippen LogP contribution in [-0.4, -0.2) is 106 Å². The number of carboxylic acids is 1. The van der Waals surface area contributed by atoms with Gasteiger partial charge in [0.1, 0.15) is 17.6 Å². The average Bonchev–Trinajstić information content (AvgIpc) is 3.19. The van der Waals surface area contributed by atoms with Crippen LogP contribution in [0.3, 0.4) is 0 Å². The van der Waals surface area contributed by atoms with E-state index in [1.807, 2.05) is 0 Å². The molecular weight excluding hydrogens is 776 g/mol. The van der Waals surface area contributed by atoms with Gasteiger partial charge in [-0.3, -0.25) is 14.4 Å². The van der Waals surface area contributed by atoms with E-state index in [0.717, 1.165) is 83.2 Å². The van der Waals surface area contributed by atoms with Crippen LogP contribution in [0, 0.1) is 57.2 Å². The molecule has 4 fully saturated rings. The number of aliphatic carboxylic acids is 1. The van der Waals surface area contributed by atoms with Crippen LogP contribution in [0.2, 0.25) is 0 Å². The zero-order valence-corrected chi connectivity index (χ0v) is 37.1. The van der Waals surface area contributed by atoms with E-state index >= 15 is 0 Å². The number of carbonyl (C=O) groups is 6. The third kappa shape index (κ3) is 10.2. The fourth-order valence-corrected chi connectivity index (χ4v) is 12.1. The Bertz CT molecular complexity index is 1640. The van der Waals surface area contributed by atoms with Crippen LogP contribution < -0.4 is 0 Å². The number of hydrogen-bond donors (Lipinski definition) is 2. The Morgan fingerprint density at radius 2 is 1.10 bits per heavy atom. The fourth-order valence-electron chi connectivity index (χ4n) is 12.1. The summed E-state index contributed by atoms with van der Waals surface area (Å²) >= 11 is 0. The monoisotopic (exact) mass is 846 g/mol. The molecular formula is C46H70O14. The molecule has 2 N–H and O–H groups in total. The van der Waals surface area contributed by atoms with Gasteiger partial charge in [0.05, 0.1) is 47.6 Å². The number of aliphatic hydroxyl groups excluding tert-OH is 1. The lowest BCUT2D eigenvalue weighted by atomic mass is 9.47. The topological polar surface area (TPSA) is 198 Å². The minimum Gasteiger partial charge on any atom is -0.481 e. The van der Waals surface area contributed by atoms with Gasteiger partial charge in [-0.15, -0.1) is 0 Å². The molecule has 0 aromatic heterocycles. The number of ketones is 1. The van der Waals surface area contributed by atoms with Gasteiger partial charge in [0.15, 0.2) is 12.2 Å². The summed E-state index contributed by atoms with van der Waals surface area (Å²) in [5.74, 6) is -7.91. The lowest BCUT2D eigenvalue weighted by Crippen LogP contribution is -2.54. The molecule has 60 heavy (non-hydrogen) atoms. The van der Waals surface area contributed by atoms with Crippen LogP contribution in [0.25, 0.3) is 0 Å². The highest BCUT2D eigenvalue weighted by molar-refractivity contribution is 5.89. The van der Waals surface area contributed by atoms with E-state index in [0.29, 0.717) is 6.42 Å². The molecule has 4 unspecified atom stereocenters. The molecule has 0 amide bonds. The Labute approximate surface area is 355 Å². The van der Waals surface area contributed by atoms with Crippen molar-refractivity contribution in [3.8, 4) is 0 Å². The molecule has 0 saturated heterocycles. The Morgan fingerprint density at radius 1 is 0.667 bits per heavy atom. The summed E-state index contributed by atoms with van der Waals surface area (Å²) in [5, 5.41) is 20.0. The van der Waals surface area contributed by atoms with Gasteiger partial charge >= 0.3 is 29.8 Å². The normalized spacial score (nSPS) is 33.5. The number of hydrogen-bond acceptors (Lipinski definition) is 13. The quantitative estimate of drug-likeness (QED) is 0.0865. The highest BCUT2D eigenvalue weighted by atomic mass is 16.6. The predicted molar refractivity (Wildman–Crippen MR) is 219 cm³/mol. The van der Waals surface area contributed by atoms with Crippen molar-refractivity contribution in [3.05, 3.63) is 24.3 Å². The summed E-state index contributed by atoms with van der Waals surface area (Å²) in [5.41, 5.74) is 0.349. The van der Waals surface area contributed by atoms with Crippen LogP contribution in [0.5, 0.6) is 0 Å². The Morgan fingerprint density at radius 3 is 1.53 bits per heavy atom. The number of methoxy groups -OCH3 is 3. The van der Waals surface area contributed by atoms with E-state index < -0.39 is 71.1 Å². The van der Waals surface area contributed by atoms with Crippen molar-refractivity contribution in [2.24, 2.45) is 57.2 Å². The van der Waals surface area contributed by atoms with Gasteiger partial charge in [-0.25, -0.2) is 9.59 Å². The molecule has 4 aliphatic carbocycles. The highest BCUT2D eigenvalue weighted by Crippen LogP contribution is 2.62. The Kier molecular flexibility index (Phi) is 16.4. The number of ether oxygens (including phenoxy) is 6. The average molecular weight is 847 g/mol. The standard InChI is InChI=1S/C46H70O14/c1-27-13-15-34-43(4,25-47)17-11-19-45(34,6)32(27)24-59-38(30(21-29(3)48)39(51)55-8)42(54)60-26-44(5)18-12-20-46(7)33(28(2)14-16-35(44)46)23-58-37(41(53)57-10)31(22-36(49)50)40(52)56-9/h30-35,37-38,47H,1-2,11-26H2,3-10H3,(H,49,50)/t30?,31?,32-,33-,34?,35?,37+,38+,43-,44-,45+,46+/m0/s1. The molecule has 0 heterocycles. The summed E-state index contributed by atoms with van der Waals surface area (Å²) in [6.45, 7) is 18.8. The molecule has 0 aromatic rings. The van der Waals surface area contributed by atoms with Crippen molar-refractivity contribution < 1.29 is 67.4 Å². The van der Waals surface area contributed by atoms with Gasteiger partial charge in [0, 0.05) is 30.3 Å². The number of Topliss-reactive ketones (excluding diaryl/α,β-unsaturated/α-hetero) is 1. The zero-order valence-electron chi connectivity index (χ0n) is 37.1. The number of fused-ring (bicyclic) bond motifs is 2. The predicted octanol–water partition coefficient (Wildman–Crippen LogP) is 6.06. The number of carboxylic acid groups (broad SMARTS) is 1. The SMILES string of the molecule is C=C1CCC2[C@](C)(COC(=O)[C@H](OC[C@H]3C(=C)CCC4[C@](C)(CO)CCC[C@@]43C)C(CC(C)=O)C(=O)OC)CCC[C@]2(C)[C@H]1CO[C@@H](C(=O)OC)C(CC(=O)O)C(=O)OC. The highest BCUT2D eigenvalue weighted by Gasteiger charge is 2.57. The lowest BCUT2D eigenvalue weighted by Gasteiger charge is -2.58. The van der Waals surface area contributed by atoms with Gasteiger partial charge in [0.25, 0.3) is 0 Å². The van der Waals surface area contributed by atoms with Crippen molar-refractivity contribution in [2.75, 3.05) is 47.8 Å². The number of esters is 4. The smallest absolute Gasteiger partial charge is 0.336 e. The summed E-state index contributed by atoms with van der Waals surface area (Å²) < 4.78 is 33.7. The first-order chi connectivity index (χ1) is 28.2. The van der Waals surface area contributed by atoms with Crippen molar-refractivity contribution >= 4 is 35.6 Å². The van der Waals surface area contributed by atoms with Crippen LogP contribution >= 0.6 is 0 Å². The molecule has 0 radical (unpaired) electrons. The van der Waals surface area contributed by atoms with Gasteiger partial charge in [-0.05, 0) is 86.4 Å². The second-order valence-electron chi connectivity index (χ2n) is 19.2. The first kappa shape index (κ1) is 49.0. The Balaban J connectivity index is 1.59. The molecule has 0 aliphatic heterocycles. The summed E-state index contributed by atoms with van der Waals surface area (Å²) in [6, 6.07) is 0. The summed E-state index contributed by atoms with van der Waals surface area (Å²) in [6.07, 6.45) is 4.05. The van der Waals surface area contributed by atoms with E-state index in [2.05, 4.69) is 40.9 Å². The third-order valence-corrected chi connectivity index (χ3v) is 15.4. The maximum absolute atomic E-state index is 14.4. The fraction of sp³-hybridized carbons (Fsp3) is 0.783. The van der Waals surface area contributed by atoms with Gasteiger partial charge in [-0.1, -0.05) is 64.8 Å².